The number of nitrogens with one attached hydrogen (secondary N) is 1. The second-order valence-electron chi connectivity index (χ2n) is 5.88. The van der Waals surface area contributed by atoms with Gasteiger partial charge >= 0.3 is 0 Å². The Balaban J connectivity index is 1.60. The number of rotatable bonds is 5. The van der Waals surface area contributed by atoms with Gasteiger partial charge in [-0.2, -0.15) is 0 Å². The van der Waals surface area contributed by atoms with E-state index in [-0.39, 0.29) is 0 Å². The lowest BCUT2D eigenvalue weighted by atomic mass is 10.2. The van der Waals surface area contributed by atoms with Gasteiger partial charge in [-0.3, -0.25) is 0 Å². The Hall–Kier alpha value is -0.930. The number of hydrogen-bond acceptors (Lipinski definition) is 3. The molecule has 1 fully saturated rings. The lowest BCUT2D eigenvalue weighted by Gasteiger charge is -2.16. The van der Waals surface area contributed by atoms with Gasteiger partial charge in [-0.15, -0.1) is 23.1 Å². The summed E-state index contributed by atoms with van der Waals surface area (Å²) < 4.78 is 0. The van der Waals surface area contributed by atoms with E-state index in [2.05, 4.69) is 66.6 Å². The van der Waals surface area contributed by atoms with Gasteiger partial charge in [0.15, 0.2) is 0 Å². The van der Waals surface area contributed by atoms with E-state index in [1.165, 1.54) is 46.7 Å². The smallest absolute Gasteiger partial charge is 0.0581 e. The van der Waals surface area contributed by atoms with E-state index in [4.69, 9.17) is 0 Å². The summed E-state index contributed by atoms with van der Waals surface area (Å²) in [5, 5.41) is 6.62. The predicted octanol–water partition coefficient (Wildman–Crippen LogP) is 6.26. The Bertz CT molecular complexity index is 567. The summed E-state index contributed by atoms with van der Waals surface area (Å²) in [6, 6.07) is 11.5. The van der Waals surface area contributed by atoms with Gasteiger partial charge < -0.3 is 5.32 Å². The van der Waals surface area contributed by atoms with Crippen LogP contribution in [-0.2, 0) is 0 Å². The highest BCUT2D eigenvalue weighted by Crippen LogP contribution is 2.35. The van der Waals surface area contributed by atoms with Crippen LogP contribution >= 0.6 is 23.1 Å². The van der Waals surface area contributed by atoms with Gasteiger partial charge in [-0.25, -0.2) is 0 Å². The van der Waals surface area contributed by atoms with E-state index in [1.807, 2.05) is 11.3 Å². The van der Waals surface area contributed by atoms with Crippen molar-refractivity contribution in [3.8, 4) is 0 Å². The summed E-state index contributed by atoms with van der Waals surface area (Å²) in [5.41, 5.74) is 2.60. The summed E-state index contributed by atoms with van der Waals surface area (Å²) >= 11 is 3.89. The molecule has 3 rings (SSSR count). The molecule has 1 aliphatic rings. The third kappa shape index (κ3) is 3.83. The maximum Gasteiger partial charge on any atom is 0.0581 e. The number of benzene rings is 1. The molecule has 1 atom stereocenters. The van der Waals surface area contributed by atoms with Crippen molar-refractivity contribution in [1.82, 2.24) is 0 Å². The first-order valence-corrected chi connectivity index (χ1v) is 9.55. The molecule has 1 heterocycles. The van der Waals surface area contributed by atoms with Crippen molar-refractivity contribution in [2.24, 2.45) is 0 Å². The summed E-state index contributed by atoms with van der Waals surface area (Å²) in [5.74, 6) is 0. The molecule has 2 aromatic rings. The lowest BCUT2D eigenvalue weighted by Crippen LogP contribution is -2.05. The maximum absolute atomic E-state index is 3.61. The van der Waals surface area contributed by atoms with Crippen LogP contribution in [0.4, 0.5) is 5.69 Å². The molecule has 1 nitrogen and oxygen atoms in total. The lowest BCUT2D eigenvalue weighted by molar-refractivity contribution is 0.886. The number of aryl methyl sites for hydroxylation is 1. The van der Waals surface area contributed by atoms with Gasteiger partial charge in [0.1, 0.15) is 0 Å². The summed E-state index contributed by atoms with van der Waals surface area (Å²) in [6.45, 7) is 4.42. The van der Waals surface area contributed by atoms with Gasteiger partial charge in [0, 0.05) is 20.7 Å². The summed E-state index contributed by atoms with van der Waals surface area (Å²) in [4.78, 5) is 2.84. The highest BCUT2D eigenvalue weighted by molar-refractivity contribution is 8.00. The van der Waals surface area contributed by atoms with E-state index in [9.17, 15) is 0 Å². The normalized spacial score (nSPS) is 17.0. The highest BCUT2D eigenvalue weighted by Gasteiger charge is 2.16. The van der Waals surface area contributed by atoms with Crippen molar-refractivity contribution < 1.29 is 0 Å². The molecule has 0 amide bonds. The number of anilines is 1. The Labute approximate surface area is 136 Å². The number of thiophene rings is 1. The van der Waals surface area contributed by atoms with Gasteiger partial charge in [-0.1, -0.05) is 12.8 Å². The monoisotopic (exact) mass is 317 g/mol. The van der Waals surface area contributed by atoms with Crippen molar-refractivity contribution in [1.29, 1.82) is 0 Å². The Kier molecular flexibility index (Phi) is 4.91. The van der Waals surface area contributed by atoms with Crippen molar-refractivity contribution in [3.63, 3.8) is 0 Å². The second kappa shape index (κ2) is 6.89. The van der Waals surface area contributed by atoms with Gasteiger partial charge in [0.2, 0.25) is 0 Å². The first kappa shape index (κ1) is 15.0. The van der Waals surface area contributed by atoms with Crippen LogP contribution in [0.3, 0.4) is 0 Å². The van der Waals surface area contributed by atoms with Crippen LogP contribution in [0.25, 0.3) is 0 Å². The predicted molar refractivity (Wildman–Crippen MR) is 95.6 cm³/mol. The zero-order valence-corrected chi connectivity index (χ0v) is 14.4. The SMILES string of the molecule is Cc1ccsc1C(C)Nc1ccc(SC2CCCC2)cc1. The van der Waals surface area contributed by atoms with Crippen molar-refractivity contribution >= 4 is 28.8 Å². The van der Waals surface area contributed by atoms with Crippen LogP contribution in [0.5, 0.6) is 0 Å². The van der Waals surface area contributed by atoms with Gasteiger partial charge in [0.05, 0.1) is 6.04 Å². The van der Waals surface area contributed by atoms with Crippen LogP contribution in [0.1, 0.15) is 49.1 Å². The maximum atomic E-state index is 3.61. The number of hydrogen-bond donors (Lipinski definition) is 1. The van der Waals surface area contributed by atoms with Crippen LogP contribution in [0.2, 0.25) is 0 Å². The third-order valence-corrected chi connectivity index (χ3v) is 6.69. The van der Waals surface area contributed by atoms with E-state index in [0.29, 0.717) is 6.04 Å². The van der Waals surface area contributed by atoms with E-state index >= 15 is 0 Å². The molecule has 0 spiro atoms. The zero-order valence-electron chi connectivity index (χ0n) is 12.8. The molecule has 1 aromatic heterocycles. The standard InChI is InChI=1S/C18H23NS2/c1-13-11-12-20-18(13)14(2)19-15-7-9-17(10-8-15)21-16-5-3-4-6-16/h7-12,14,16,19H,3-6H2,1-2H3. The molecule has 1 aromatic carbocycles. The molecule has 0 bridgehead atoms. The molecule has 1 N–H and O–H groups in total. The molecule has 3 heteroatoms. The largest absolute Gasteiger partial charge is 0.378 e. The molecule has 0 aliphatic heterocycles. The molecule has 1 unspecified atom stereocenters. The molecule has 112 valence electrons. The summed E-state index contributed by atoms with van der Waals surface area (Å²) in [6.07, 6.45) is 5.60. The minimum Gasteiger partial charge on any atom is -0.378 e. The van der Waals surface area contributed by atoms with Crippen LogP contribution in [-0.4, -0.2) is 5.25 Å². The van der Waals surface area contributed by atoms with E-state index in [0.717, 1.165) is 5.25 Å². The second-order valence-corrected chi connectivity index (χ2v) is 8.20. The fourth-order valence-electron chi connectivity index (χ4n) is 2.97. The molecule has 1 aliphatic carbocycles. The Morgan fingerprint density at radius 3 is 2.48 bits per heavy atom. The van der Waals surface area contributed by atoms with Gasteiger partial charge in [-0.05, 0) is 68.0 Å². The third-order valence-electron chi connectivity index (χ3n) is 4.14. The Morgan fingerprint density at radius 2 is 1.86 bits per heavy atom. The first-order chi connectivity index (χ1) is 10.2. The fraction of sp³-hybridized carbons (Fsp3) is 0.444. The molecular weight excluding hydrogens is 294 g/mol. The van der Waals surface area contributed by atoms with Crippen molar-refractivity contribution in [2.45, 2.75) is 55.7 Å². The topological polar surface area (TPSA) is 12.0 Å². The van der Waals surface area contributed by atoms with Crippen molar-refractivity contribution in [3.05, 3.63) is 46.2 Å². The molecular formula is C18H23NS2. The average molecular weight is 318 g/mol. The quantitative estimate of drug-likeness (QED) is 0.698. The minimum absolute atomic E-state index is 0.373. The van der Waals surface area contributed by atoms with E-state index < -0.39 is 0 Å². The fourth-order valence-corrected chi connectivity index (χ4v) is 5.15. The van der Waals surface area contributed by atoms with Gasteiger partial charge in [0.25, 0.3) is 0 Å². The van der Waals surface area contributed by atoms with Crippen LogP contribution in [0.15, 0.2) is 40.6 Å². The molecule has 0 saturated heterocycles. The molecule has 1 saturated carbocycles. The zero-order chi connectivity index (χ0) is 14.7. The average Bonchev–Trinajstić information content (AvgIpc) is 3.12. The highest BCUT2D eigenvalue weighted by atomic mass is 32.2. The molecule has 21 heavy (non-hydrogen) atoms. The summed E-state index contributed by atoms with van der Waals surface area (Å²) in [7, 11) is 0. The van der Waals surface area contributed by atoms with Crippen LogP contribution in [0, 0.1) is 6.92 Å². The van der Waals surface area contributed by atoms with Crippen LogP contribution < -0.4 is 5.32 Å². The van der Waals surface area contributed by atoms with E-state index in [1.54, 1.807) is 0 Å². The minimum atomic E-state index is 0.373. The first-order valence-electron chi connectivity index (χ1n) is 7.79. The number of thioether (sulfide) groups is 1. The Morgan fingerprint density at radius 1 is 1.14 bits per heavy atom. The molecule has 0 radical (unpaired) electrons. The van der Waals surface area contributed by atoms with Crippen molar-refractivity contribution in [2.75, 3.05) is 5.32 Å².